The monoisotopic (exact) mass is 422 g/mol. The van der Waals surface area contributed by atoms with E-state index in [9.17, 15) is 9.59 Å². The molecule has 0 aliphatic heterocycles. The summed E-state index contributed by atoms with van der Waals surface area (Å²) < 4.78 is 3.22. The van der Waals surface area contributed by atoms with Gasteiger partial charge >= 0.3 is 0 Å². The van der Waals surface area contributed by atoms with E-state index in [1.165, 1.54) is 38.2 Å². The molecule has 0 spiro atoms. The Kier molecular flexibility index (Phi) is 4.16. The van der Waals surface area contributed by atoms with Crippen LogP contribution in [0.25, 0.3) is 11.0 Å². The molecule has 8 nitrogen and oxygen atoms in total. The third-order valence-corrected chi connectivity index (χ3v) is 5.80. The number of amides is 1. The zero-order valence-corrected chi connectivity index (χ0v) is 15.9. The van der Waals surface area contributed by atoms with Crippen molar-refractivity contribution in [3.63, 3.8) is 0 Å². The summed E-state index contributed by atoms with van der Waals surface area (Å²) in [5.74, 6) is -0.297. The minimum atomic E-state index is -0.307. The van der Waals surface area contributed by atoms with Crippen molar-refractivity contribution in [2.45, 2.75) is 32.2 Å². The van der Waals surface area contributed by atoms with Crippen molar-refractivity contribution < 1.29 is 4.79 Å². The number of rotatable bonds is 3. The van der Waals surface area contributed by atoms with Gasteiger partial charge in [0.2, 0.25) is 5.91 Å². The van der Waals surface area contributed by atoms with Crippen LogP contribution < -0.4 is 10.9 Å². The van der Waals surface area contributed by atoms with Crippen LogP contribution in [0.5, 0.6) is 0 Å². The minimum absolute atomic E-state index is 0.118. The second-order valence-corrected chi connectivity index (χ2v) is 7.77. The number of hydrogen-bond acceptors (Lipinski definition) is 6. The quantitative estimate of drug-likeness (QED) is 0.694. The van der Waals surface area contributed by atoms with Crippen LogP contribution in [0.15, 0.2) is 15.7 Å². The lowest BCUT2D eigenvalue weighted by Crippen LogP contribution is -2.28. The molecule has 4 rings (SSSR count). The number of carbonyl (C=O) groups excluding carboxylic acids is 1. The van der Waals surface area contributed by atoms with Crippen LogP contribution in [0, 0.1) is 0 Å². The highest BCUT2D eigenvalue weighted by Crippen LogP contribution is 2.29. The molecule has 0 unspecified atom stereocenters. The van der Waals surface area contributed by atoms with E-state index in [-0.39, 0.29) is 18.0 Å². The summed E-state index contributed by atoms with van der Waals surface area (Å²) in [6.45, 7) is -0.118. The molecule has 1 aliphatic rings. The van der Waals surface area contributed by atoms with Crippen LogP contribution in [0.3, 0.4) is 0 Å². The van der Waals surface area contributed by atoms with Gasteiger partial charge in [0.05, 0.1) is 5.69 Å². The first-order valence-electron chi connectivity index (χ1n) is 7.89. The highest BCUT2D eigenvalue weighted by molar-refractivity contribution is 9.10. The van der Waals surface area contributed by atoms with E-state index in [2.05, 4.69) is 36.3 Å². The Morgan fingerprint density at radius 3 is 3.00 bits per heavy atom. The van der Waals surface area contributed by atoms with Crippen LogP contribution >= 0.6 is 27.3 Å². The smallest absolute Gasteiger partial charge is 0.266 e. The number of aryl methyl sites for hydroxylation is 3. The van der Waals surface area contributed by atoms with Gasteiger partial charge in [-0.05, 0) is 41.6 Å². The molecule has 1 aliphatic carbocycles. The van der Waals surface area contributed by atoms with Gasteiger partial charge in [0, 0.05) is 11.9 Å². The van der Waals surface area contributed by atoms with Crippen molar-refractivity contribution in [2.75, 3.05) is 5.32 Å². The van der Waals surface area contributed by atoms with Crippen molar-refractivity contribution in [3.8, 4) is 0 Å². The second-order valence-electron chi connectivity index (χ2n) is 5.93. The van der Waals surface area contributed by atoms with Gasteiger partial charge in [0.1, 0.15) is 22.9 Å². The summed E-state index contributed by atoms with van der Waals surface area (Å²) in [6, 6.07) is 0. The normalized spacial score (nSPS) is 13.8. The molecule has 3 aromatic heterocycles. The molecule has 3 aromatic rings. The number of nitrogens with zero attached hydrogens (tertiary/aromatic N) is 5. The number of aromatic nitrogens is 5. The first-order chi connectivity index (χ1) is 12.0. The molecule has 1 amide bonds. The predicted octanol–water partition coefficient (Wildman–Crippen LogP) is 1.87. The maximum atomic E-state index is 12.6. The highest BCUT2D eigenvalue weighted by Gasteiger charge is 2.18. The van der Waals surface area contributed by atoms with Crippen molar-refractivity contribution in [2.24, 2.45) is 7.05 Å². The number of fused-ring (bicyclic) bond motifs is 2. The minimum Gasteiger partial charge on any atom is -0.300 e. The standard InChI is InChI=1S/C15H15BrN6O2S/c1-21-13-11(12(16)20-21)14(24)22(7-17-13)6-10(23)19-15-18-8-4-2-3-5-9(8)25-15/h7H,2-6H2,1H3,(H,18,19,23). The molecule has 0 saturated heterocycles. The third-order valence-electron chi connectivity index (χ3n) is 4.17. The van der Waals surface area contributed by atoms with Crippen LogP contribution in [0.4, 0.5) is 5.13 Å². The molecule has 130 valence electrons. The molecule has 0 aromatic carbocycles. The molecule has 0 atom stereocenters. The van der Waals surface area contributed by atoms with E-state index in [0.29, 0.717) is 20.8 Å². The van der Waals surface area contributed by atoms with Gasteiger partial charge in [0.25, 0.3) is 5.56 Å². The molecule has 25 heavy (non-hydrogen) atoms. The van der Waals surface area contributed by atoms with Gasteiger partial charge in [0.15, 0.2) is 10.8 Å². The van der Waals surface area contributed by atoms with Crippen LogP contribution in [-0.2, 0) is 31.2 Å². The van der Waals surface area contributed by atoms with E-state index in [1.807, 2.05) is 0 Å². The molecule has 10 heteroatoms. The number of carbonyl (C=O) groups is 1. The SMILES string of the molecule is Cn1nc(Br)c2c(=O)n(CC(=O)Nc3nc4c(s3)CCCC4)cnc21. The van der Waals surface area contributed by atoms with Crippen molar-refractivity contribution in [1.82, 2.24) is 24.3 Å². The van der Waals surface area contributed by atoms with Crippen LogP contribution in [0.2, 0.25) is 0 Å². The number of hydrogen-bond donors (Lipinski definition) is 1. The maximum Gasteiger partial charge on any atom is 0.266 e. The summed E-state index contributed by atoms with van der Waals surface area (Å²) in [5.41, 5.74) is 1.26. The largest absolute Gasteiger partial charge is 0.300 e. The summed E-state index contributed by atoms with van der Waals surface area (Å²) in [5, 5.41) is 7.88. The fourth-order valence-corrected chi connectivity index (χ4v) is 4.62. The Labute approximate surface area is 155 Å². The maximum absolute atomic E-state index is 12.6. The van der Waals surface area contributed by atoms with Gasteiger partial charge in [-0.25, -0.2) is 14.6 Å². The van der Waals surface area contributed by atoms with E-state index in [4.69, 9.17) is 0 Å². The van der Waals surface area contributed by atoms with Crippen molar-refractivity contribution in [3.05, 3.63) is 31.9 Å². The Balaban J connectivity index is 1.55. The lowest BCUT2D eigenvalue weighted by molar-refractivity contribution is -0.116. The molecule has 3 heterocycles. The zero-order valence-electron chi connectivity index (χ0n) is 13.5. The number of anilines is 1. The van der Waals surface area contributed by atoms with Gasteiger partial charge in [-0.3, -0.25) is 14.2 Å². The predicted molar refractivity (Wildman–Crippen MR) is 97.9 cm³/mol. The topological polar surface area (TPSA) is 94.7 Å². The Morgan fingerprint density at radius 2 is 2.20 bits per heavy atom. The summed E-state index contributed by atoms with van der Waals surface area (Å²) in [6.07, 6.45) is 5.68. The number of halogens is 1. The molecule has 0 fully saturated rings. The van der Waals surface area contributed by atoms with Crippen LogP contribution in [-0.4, -0.2) is 30.2 Å². The average Bonchev–Trinajstić information content (AvgIpc) is 3.10. The third kappa shape index (κ3) is 2.99. The molecule has 0 bridgehead atoms. The van der Waals surface area contributed by atoms with Crippen molar-refractivity contribution in [1.29, 1.82) is 0 Å². The Hall–Kier alpha value is -2.07. The molecular formula is C15H15BrN6O2S. The van der Waals surface area contributed by atoms with E-state index >= 15 is 0 Å². The fraction of sp³-hybridized carbons (Fsp3) is 0.400. The summed E-state index contributed by atoms with van der Waals surface area (Å²) in [7, 11) is 1.71. The summed E-state index contributed by atoms with van der Waals surface area (Å²) in [4.78, 5) is 34.8. The van der Waals surface area contributed by atoms with Gasteiger partial charge in [-0.15, -0.1) is 11.3 Å². The molecule has 1 N–H and O–H groups in total. The van der Waals surface area contributed by atoms with Gasteiger partial charge in [-0.1, -0.05) is 0 Å². The second kappa shape index (κ2) is 6.34. The van der Waals surface area contributed by atoms with E-state index in [1.54, 1.807) is 7.05 Å². The molecule has 0 saturated carbocycles. The van der Waals surface area contributed by atoms with E-state index in [0.717, 1.165) is 25.0 Å². The fourth-order valence-electron chi connectivity index (χ4n) is 2.97. The van der Waals surface area contributed by atoms with Crippen molar-refractivity contribution >= 4 is 49.3 Å². The van der Waals surface area contributed by atoms with E-state index < -0.39 is 0 Å². The first-order valence-corrected chi connectivity index (χ1v) is 9.50. The number of thiazole rings is 1. The van der Waals surface area contributed by atoms with Gasteiger partial charge < -0.3 is 5.32 Å². The van der Waals surface area contributed by atoms with Gasteiger partial charge in [-0.2, -0.15) is 5.10 Å². The Morgan fingerprint density at radius 1 is 1.40 bits per heavy atom. The molecular weight excluding hydrogens is 408 g/mol. The zero-order chi connectivity index (χ0) is 17.6. The lowest BCUT2D eigenvalue weighted by Gasteiger charge is -2.06. The lowest BCUT2D eigenvalue weighted by atomic mass is 10.0. The average molecular weight is 423 g/mol. The highest BCUT2D eigenvalue weighted by atomic mass is 79.9. The Bertz CT molecular complexity index is 1010. The van der Waals surface area contributed by atoms with Crippen LogP contribution in [0.1, 0.15) is 23.4 Å². The first kappa shape index (κ1) is 16.4. The molecule has 0 radical (unpaired) electrons. The number of nitrogens with one attached hydrogen (secondary N) is 1. The summed E-state index contributed by atoms with van der Waals surface area (Å²) >= 11 is 4.78.